The number of thiazole rings is 1. The lowest BCUT2D eigenvalue weighted by Gasteiger charge is -2.16. The van der Waals surface area contributed by atoms with Gasteiger partial charge in [0, 0.05) is 45.5 Å². The molecule has 1 fully saturated rings. The van der Waals surface area contributed by atoms with Crippen LogP contribution in [0.4, 0.5) is 5.13 Å². The summed E-state index contributed by atoms with van der Waals surface area (Å²) in [5, 5.41) is 9.70. The molecule has 2 heterocycles. The molecule has 8 heteroatoms. The van der Waals surface area contributed by atoms with Crippen molar-refractivity contribution in [3.63, 3.8) is 0 Å². The molecule has 0 atom stereocenters. The number of carbonyl (C=O) groups excluding carboxylic acids is 1. The van der Waals surface area contributed by atoms with E-state index in [2.05, 4.69) is 46.1 Å². The van der Waals surface area contributed by atoms with Crippen LogP contribution >= 0.6 is 11.3 Å². The summed E-state index contributed by atoms with van der Waals surface area (Å²) in [6, 6.07) is 8.33. The van der Waals surface area contributed by atoms with Crippen LogP contribution < -0.4 is 15.5 Å². The van der Waals surface area contributed by atoms with Crippen molar-refractivity contribution in [2.75, 3.05) is 32.1 Å². The summed E-state index contributed by atoms with van der Waals surface area (Å²) in [5.74, 6) is 1.03. The molecule has 1 aliphatic rings. The van der Waals surface area contributed by atoms with Crippen LogP contribution in [-0.2, 0) is 24.4 Å². The molecule has 0 radical (unpaired) electrons. The largest absolute Gasteiger partial charge is 0.357 e. The number of aliphatic imine (C=N–C) groups is 1. The predicted octanol–water partition coefficient (Wildman–Crippen LogP) is 2.59. The maximum atomic E-state index is 11.9. The fourth-order valence-corrected chi connectivity index (χ4v) is 3.95. The van der Waals surface area contributed by atoms with Gasteiger partial charge in [-0.2, -0.15) is 0 Å². The summed E-state index contributed by atoms with van der Waals surface area (Å²) in [5.41, 5.74) is 3.29. The van der Waals surface area contributed by atoms with Crippen LogP contribution in [0.15, 0.2) is 34.6 Å². The first kappa shape index (κ1) is 21.1. The maximum Gasteiger partial charge on any atom is 0.222 e. The van der Waals surface area contributed by atoms with E-state index in [0.717, 1.165) is 47.4 Å². The van der Waals surface area contributed by atoms with Gasteiger partial charge in [-0.25, -0.2) is 9.98 Å². The van der Waals surface area contributed by atoms with E-state index in [0.29, 0.717) is 26.1 Å². The summed E-state index contributed by atoms with van der Waals surface area (Å²) in [7, 11) is 3.99. The molecule has 3 rings (SSSR count). The minimum Gasteiger partial charge on any atom is -0.357 e. The van der Waals surface area contributed by atoms with E-state index in [1.54, 1.807) is 11.3 Å². The second-order valence-electron chi connectivity index (χ2n) is 7.30. The molecule has 1 saturated heterocycles. The predicted molar refractivity (Wildman–Crippen MR) is 119 cm³/mol. The number of hydrogen-bond acceptors (Lipinski definition) is 5. The molecule has 29 heavy (non-hydrogen) atoms. The van der Waals surface area contributed by atoms with Gasteiger partial charge in [-0.15, -0.1) is 11.3 Å². The fraction of sp³-hybridized carbons (Fsp3) is 0.476. The molecule has 1 aliphatic heterocycles. The van der Waals surface area contributed by atoms with Crippen molar-refractivity contribution in [3.8, 4) is 0 Å². The first-order valence-corrected chi connectivity index (χ1v) is 10.9. The number of rotatable bonds is 8. The van der Waals surface area contributed by atoms with Gasteiger partial charge >= 0.3 is 0 Å². The number of carbonyl (C=O) groups is 1. The molecule has 156 valence electrons. The number of likely N-dealkylation sites (tertiary alicyclic amines) is 1. The maximum absolute atomic E-state index is 11.9. The highest BCUT2D eigenvalue weighted by molar-refractivity contribution is 7.13. The standard InChI is InChI=1S/C21H30N6OS/c1-4-22-20(24-13-18-15-29-21(25-18)26(2)3)23-12-16-7-5-8-17(11-16)14-27-10-6-9-19(27)28/h5,7-8,11,15H,4,6,9-10,12-14H2,1-3H3,(H2,22,23,24). The lowest BCUT2D eigenvalue weighted by molar-refractivity contribution is -0.128. The Labute approximate surface area is 176 Å². The van der Waals surface area contributed by atoms with Crippen LogP contribution in [0, 0.1) is 0 Å². The van der Waals surface area contributed by atoms with Gasteiger partial charge < -0.3 is 20.4 Å². The monoisotopic (exact) mass is 414 g/mol. The highest BCUT2D eigenvalue weighted by Gasteiger charge is 2.19. The Morgan fingerprint density at radius 3 is 2.83 bits per heavy atom. The smallest absolute Gasteiger partial charge is 0.222 e. The number of nitrogens with one attached hydrogen (secondary N) is 2. The highest BCUT2D eigenvalue weighted by atomic mass is 32.1. The zero-order chi connectivity index (χ0) is 20.6. The summed E-state index contributed by atoms with van der Waals surface area (Å²) in [6.07, 6.45) is 1.65. The van der Waals surface area contributed by atoms with Crippen molar-refractivity contribution in [2.24, 2.45) is 4.99 Å². The van der Waals surface area contributed by atoms with Crippen LogP contribution in [0.25, 0.3) is 0 Å². The van der Waals surface area contributed by atoms with Gasteiger partial charge in [0.1, 0.15) is 0 Å². The Balaban J connectivity index is 1.58. The molecule has 2 aromatic rings. The molecular weight excluding hydrogens is 384 g/mol. The van der Waals surface area contributed by atoms with Crippen molar-refractivity contribution in [3.05, 3.63) is 46.5 Å². The van der Waals surface area contributed by atoms with Gasteiger partial charge in [0.05, 0.1) is 18.8 Å². The van der Waals surface area contributed by atoms with Gasteiger partial charge in [0.15, 0.2) is 11.1 Å². The number of aromatic nitrogens is 1. The second kappa shape index (κ2) is 10.2. The van der Waals surface area contributed by atoms with Crippen LogP contribution in [0.2, 0.25) is 0 Å². The zero-order valence-corrected chi connectivity index (χ0v) is 18.3. The summed E-state index contributed by atoms with van der Waals surface area (Å²) in [4.78, 5) is 25.1. The molecule has 7 nitrogen and oxygen atoms in total. The van der Waals surface area contributed by atoms with Gasteiger partial charge in [0.2, 0.25) is 5.91 Å². The lowest BCUT2D eigenvalue weighted by atomic mass is 10.1. The van der Waals surface area contributed by atoms with Gasteiger partial charge in [0.25, 0.3) is 0 Å². The number of amides is 1. The summed E-state index contributed by atoms with van der Waals surface area (Å²) >= 11 is 1.63. The zero-order valence-electron chi connectivity index (χ0n) is 17.4. The van der Waals surface area contributed by atoms with Crippen LogP contribution in [-0.4, -0.2) is 48.9 Å². The van der Waals surface area contributed by atoms with Gasteiger partial charge in [-0.05, 0) is 24.5 Å². The normalized spacial score (nSPS) is 14.4. The van der Waals surface area contributed by atoms with Crippen LogP contribution in [0.5, 0.6) is 0 Å². The van der Waals surface area contributed by atoms with E-state index in [1.807, 2.05) is 30.0 Å². The molecule has 1 aromatic heterocycles. The Morgan fingerprint density at radius 2 is 2.14 bits per heavy atom. The molecule has 0 unspecified atom stereocenters. The Hall–Kier alpha value is -2.61. The minimum atomic E-state index is 0.256. The number of anilines is 1. The van der Waals surface area contributed by atoms with Crippen LogP contribution in [0.1, 0.15) is 36.6 Å². The molecule has 0 saturated carbocycles. The van der Waals surface area contributed by atoms with E-state index in [1.165, 1.54) is 0 Å². The van der Waals surface area contributed by atoms with E-state index in [-0.39, 0.29) is 5.91 Å². The van der Waals surface area contributed by atoms with Gasteiger partial charge in [-0.3, -0.25) is 4.79 Å². The van der Waals surface area contributed by atoms with Gasteiger partial charge in [-0.1, -0.05) is 24.3 Å². The van der Waals surface area contributed by atoms with E-state index < -0.39 is 0 Å². The SMILES string of the molecule is CCNC(=NCc1cccc(CN2CCCC2=O)c1)NCc1csc(N(C)C)n1. The quantitative estimate of drug-likeness (QED) is 0.513. The van der Waals surface area contributed by atoms with Crippen molar-refractivity contribution >= 4 is 28.3 Å². The molecule has 0 bridgehead atoms. The third kappa shape index (κ3) is 6.19. The number of nitrogens with zero attached hydrogens (tertiary/aromatic N) is 4. The van der Waals surface area contributed by atoms with E-state index in [4.69, 9.17) is 4.99 Å². The molecular formula is C21H30N6OS. The third-order valence-corrected chi connectivity index (χ3v) is 5.72. The number of benzene rings is 1. The average molecular weight is 415 g/mol. The van der Waals surface area contributed by atoms with Crippen molar-refractivity contribution in [2.45, 2.75) is 39.4 Å². The first-order chi connectivity index (χ1) is 14.0. The molecule has 1 amide bonds. The van der Waals surface area contributed by atoms with E-state index >= 15 is 0 Å². The summed E-state index contributed by atoms with van der Waals surface area (Å²) < 4.78 is 0. The third-order valence-electron chi connectivity index (χ3n) is 4.66. The molecule has 2 N–H and O–H groups in total. The Kier molecular flexibility index (Phi) is 7.46. The molecule has 0 spiro atoms. The summed E-state index contributed by atoms with van der Waals surface area (Å²) in [6.45, 7) is 5.61. The topological polar surface area (TPSA) is 72.9 Å². The second-order valence-corrected chi connectivity index (χ2v) is 8.14. The van der Waals surface area contributed by atoms with Crippen LogP contribution in [0.3, 0.4) is 0 Å². The average Bonchev–Trinajstić information content (AvgIpc) is 3.34. The first-order valence-electron chi connectivity index (χ1n) is 10.0. The fourth-order valence-electron chi connectivity index (χ4n) is 3.19. The van der Waals surface area contributed by atoms with Crippen molar-refractivity contribution in [1.29, 1.82) is 0 Å². The Morgan fingerprint density at radius 1 is 1.31 bits per heavy atom. The highest BCUT2D eigenvalue weighted by Crippen LogP contribution is 2.18. The van der Waals surface area contributed by atoms with Crippen molar-refractivity contribution in [1.82, 2.24) is 20.5 Å². The number of guanidine groups is 1. The minimum absolute atomic E-state index is 0.256. The number of hydrogen-bond donors (Lipinski definition) is 2. The molecule has 1 aromatic carbocycles. The molecule has 0 aliphatic carbocycles. The van der Waals surface area contributed by atoms with E-state index in [9.17, 15) is 4.79 Å². The lowest BCUT2D eigenvalue weighted by Crippen LogP contribution is -2.36. The van der Waals surface area contributed by atoms with Crippen molar-refractivity contribution < 1.29 is 4.79 Å². The Bertz CT molecular complexity index is 847.